The van der Waals surface area contributed by atoms with E-state index in [0.29, 0.717) is 11.5 Å². The van der Waals surface area contributed by atoms with Crippen LogP contribution in [0.2, 0.25) is 0 Å². The summed E-state index contributed by atoms with van der Waals surface area (Å²) in [7, 11) is 1.95. The van der Waals surface area contributed by atoms with Gasteiger partial charge in [-0.15, -0.1) is 0 Å². The van der Waals surface area contributed by atoms with Crippen LogP contribution in [0.3, 0.4) is 0 Å². The van der Waals surface area contributed by atoms with Crippen molar-refractivity contribution in [3.8, 4) is 0 Å². The van der Waals surface area contributed by atoms with Crippen molar-refractivity contribution in [3.63, 3.8) is 0 Å². The summed E-state index contributed by atoms with van der Waals surface area (Å²) < 4.78 is 1.84. The van der Waals surface area contributed by atoms with E-state index in [2.05, 4.69) is 44.3 Å². The Morgan fingerprint density at radius 1 is 1.47 bits per heavy atom. The molecule has 0 saturated carbocycles. The fraction of sp³-hybridized carbons (Fsp3) is 0.750. The quantitative estimate of drug-likeness (QED) is 0.825. The van der Waals surface area contributed by atoms with Crippen molar-refractivity contribution in [2.24, 2.45) is 12.5 Å². The smallest absolute Gasteiger partial charge is 0.0534 e. The first-order valence-electron chi connectivity index (χ1n) is 5.64. The Kier molecular flexibility index (Phi) is 3.91. The molecule has 0 bridgehead atoms. The molecule has 0 saturated heterocycles. The lowest BCUT2D eigenvalue weighted by atomic mass is 9.85. The molecule has 0 aliphatic heterocycles. The minimum Gasteiger partial charge on any atom is -0.309 e. The zero-order valence-electron chi connectivity index (χ0n) is 10.5. The van der Waals surface area contributed by atoms with Crippen LogP contribution in [0.4, 0.5) is 0 Å². The van der Waals surface area contributed by atoms with E-state index in [1.54, 1.807) is 0 Å². The summed E-state index contributed by atoms with van der Waals surface area (Å²) in [5.74, 6) is 0. The molecule has 0 radical (unpaired) electrons. The van der Waals surface area contributed by atoms with Crippen LogP contribution in [0.5, 0.6) is 0 Å². The molecule has 1 N–H and O–H groups in total. The van der Waals surface area contributed by atoms with Crippen LogP contribution >= 0.6 is 0 Å². The Balaban J connectivity index is 2.48. The SMILES string of the molecule is CCC(NCc1cnn(C)c1)C(C)(C)C. The minimum absolute atomic E-state index is 0.316. The van der Waals surface area contributed by atoms with Gasteiger partial charge < -0.3 is 5.32 Å². The van der Waals surface area contributed by atoms with Crippen molar-refractivity contribution in [3.05, 3.63) is 18.0 Å². The van der Waals surface area contributed by atoms with E-state index in [1.165, 1.54) is 5.56 Å². The molecule has 1 aromatic heterocycles. The second kappa shape index (κ2) is 4.79. The number of aromatic nitrogens is 2. The molecular weight excluding hydrogens is 186 g/mol. The molecule has 1 rings (SSSR count). The molecule has 0 aliphatic rings. The van der Waals surface area contributed by atoms with E-state index in [0.717, 1.165) is 13.0 Å². The van der Waals surface area contributed by atoms with Gasteiger partial charge >= 0.3 is 0 Å². The number of aryl methyl sites for hydroxylation is 1. The van der Waals surface area contributed by atoms with Crippen LogP contribution in [0.25, 0.3) is 0 Å². The van der Waals surface area contributed by atoms with E-state index in [4.69, 9.17) is 0 Å². The second-order valence-corrected chi connectivity index (χ2v) is 5.23. The van der Waals surface area contributed by atoms with Crippen LogP contribution in [0.1, 0.15) is 39.7 Å². The maximum Gasteiger partial charge on any atom is 0.0534 e. The van der Waals surface area contributed by atoms with Crippen LogP contribution in [0.15, 0.2) is 12.4 Å². The summed E-state index contributed by atoms with van der Waals surface area (Å²) in [6.07, 6.45) is 5.13. The molecule has 0 spiro atoms. The third-order valence-corrected chi connectivity index (χ3v) is 2.76. The van der Waals surface area contributed by atoms with Crippen LogP contribution in [-0.4, -0.2) is 15.8 Å². The number of hydrogen-bond donors (Lipinski definition) is 1. The predicted octanol–water partition coefficient (Wildman–Crippen LogP) is 2.33. The van der Waals surface area contributed by atoms with Gasteiger partial charge in [0.25, 0.3) is 0 Å². The fourth-order valence-electron chi connectivity index (χ4n) is 1.87. The first kappa shape index (κ1) is 12.2. The van der Waals surface area contributed by atoms with Gasteiger partial charge in [0.1, 0.15) is 0 Å². The van der Waals surface area contributed by atoms with Crippen LogP contribution in [-0.2, 0) is 13.6 Å². The average molecular weight is 209 g/mol. The Labute approximate surface area is 92.9 Å². The summed E-state index contributed by atoms with van der Waals surface area (Å²) in [6, 6.07) is 0.553. The molecule has 3 heteroatoms. The van der Waals surface area contributed by atoms with Crippen molar-refractivity contribution in [2.45, 2.75) is 46.7 Å². The number of rotatable bonds is 4. The lowest BCUT2D eigenvalue weighted by Gasteiger charge is -2.30. The molecule has 1 unspecified atom stereocenters. The Hall–Kier alpha value is -0.830. The summed E-state index contributed by atoms with van der Waals surface area (Å²) in [4.78, 5) is 0. The van der Waals surface area contributed by atoms with Crippen molar-refractivity contribution in [1.82, 2.24) is 15.1 Å². The van der Waals surface area contributed by atoms with Crippen molar-refractivity contribution in [2.75, 3.05) is 0 Å². The molecule has 0 amide bonds. The van der Waals surface area contributed by atoms with Gasteiger partial charge in [-0.05, 0) is 11.8 Å². The topological polar surface area (TPSA) is 29.9 Å². The molecule has 3 nitrogen and oxygen atoms in total. The largest absolute Gasteiger partial charge is 0.309 e. The van der Waals surface area contributed by atoms with Crippen LogP contribution in [0, 0.1) is 5.41 Å². The molecule has 1 aromatic rings. The van der Waals surface area contributed by atoms with Crippen molar-refractivity contribution >= 4 is 0 Å². The van der Waals surface area contributed by atoms with Gasteiger partial charge in [0.2, 0.25) is 0 Å². The number of nitrogens with zero attached hydrogens (tertiary/aromatic N) is 2. The third-order valence-electron chi connectivity index (χ3n) is 2.76. The highest BCUT2D eigenvalue weighted by atomic mass is 15.2. The normalized spacial score (nSPS) is 14.2. The van der Waals surface area contributed by atoms with E-state index < -0.39 is 0 Å². The predicted molar refractivity (Wildman–Crippen MR) is 63.6 cm³/mol. The average Bonchev–Trinajstić information content (AvgIpc) is 2.50. The van der Waals surface area contributed by atoms with Gasteiger partial charge in [0.15, 0.2) is 0 Å². The van der Waals surface area contributed by atoms with Crippen molar-refractivity contribution < 1.29 is 0 Å². The van der Waals surface area contributed by atoms with Gasteiger partial charge in [0.05, 0.1) is 6.20 Å². The highest BCUT2D eigenvalue weighted by Gasteiger charge is 2.21. The molecule has 15 heavy (non-hydrogen) atoms. The van der Waals surface area contributed by atoms with Gasteiger partial charge in [-0.1, -0.05) is 27.7 Å². The lowest BCUT2D eigenvalue weighted by molar-refractivity contribution is 0.259. The van der Waals surface area contributed by atoms with E-state index in [1.807, 2.05) is 17.9 Å². The Morgan fingerprint density at radius 2 is 2.13 bits per heavy atom. The summed E-state index contributed by atoms with van der Waals surface area (Å²) in [5, 5.41) is 7.74. The summed E-state index contributed by atoms with van der Waals surface area (Å²) in [6.45, 7) is 9.96. The van der Waals surface area contributed by atoms with E-state index in [9.17, 15) is 0 Å². The van der Waals surface area contributed by atoms with Crippen molar-refractivity contribution in [1.29, 1.82) is 0 Å². The molecule has 1 heterocycles. The van der Waals surface area contributed by atoms with E-state index >= 15 is 0 Å². The van der Waals surface area contributed by atoms with Gasteiger partial charge in [-0.2, -0.15) is 5.10 Å². The third kappa shape index (κ3) is 3.67. The van der Waals surface area contributed by atoms with E-state index in [-0.39, 0.29) is 0 Å². The summed E-state index contributed by atoms with van der Waals surface area (Å²) >= 11 is 0. The zero-order chi connectivity index (χ0) is 11.5. The summed E-state index contributed by atoms with van der Waals surface area (Å²) in [5.41, 5.74) is 1.57. The maximum absolute atomic E-state index is 4.16. The first-order valence-corrected chi connectivity index (χ1v) is 5.64. The number of nitrogens with one attached hydrogen (secondary N) is 1. The minimum atomic E-state index is 0.316. The van der Waals surface area contributed by atoms with Gasteiger partial charge in [0, 0.05) is 31.4 Å². The highest BCUT2D eigenvalue weighted by molar-refractivity contribution is 5.03. The first-order chi connectivity index (χ1) is 6.93. The molecule has 86 valence electrons. The van der Waals surface area contributed by atoms with Crippen LogP contribution < -0.4 is 5.32 Å². The molecule has 0 aliphatic carbocycles. The molecule has 1 atom stereocenters. The maximum atomic E-state index is 4.16. The standard InChI is InChI=1S/C12H23N3/c1-6-11(12(2,3)4)13-7-10-8-14-15(5)9-10/h8-9,11,13H,6-7H2,1-5H3. The lowest BCUT2D eigenvalue weighted by Crippen LogP contribution is -2.39. The monoisotopic (exact) mass is 209 g/mol. The molecule has 0 fully saturated rings. The highest BCUT2D eigenvalue weighted by Crippen LogP contribution is 2.21. The Morgan fingerprint density at radius 3 is 2.53 bits per heavy atom. The van der Waals surface area contributed by atoms with Gasteiger partial charge in [-0.25, -0.2) is 0 Å². The number of hydrogen-bond acceptors (Lipinski definition) is 2. The molecular formula is C12H23N3. The fourth-order valence-corrected chi connectivity index (χ4v) is 1.87. The second-order valence-electron chi connectivity index (χ2n) is 5.23. The van der Waals surface area contributed by atoms with Gasteiger partial charge in [-0.3, -0.25) is 4.68 Å². The Bertz CT molecular complexity index is 296. The zero-order valence-corrected chi connectivity index (χ0v) is 10.5. The molecule has 0 aromatic carbocycles.